The van der Waals surface area contributed by atoms with Crippen LogP contribution in [0.3, 0.4) is 0 Å². The molecule has 0 atom stereocenters. The van der Waals surface area contributed by atoms with Crippen molar-refractivity contribution in [2.45, 2.75) is 37.6 Å². The van der Waals surface area contributed by atoms with Crippen LogP contribution in [-0.4, -0.2) is 49.0 Å². The fourth-order valence-electron chi connectivity index (χ4n) is 4.61. The zero-order chi connectivity index (χ0) is 20.3. The first kappa shape index (κ1) is 20.2. The molecule has 1 aliphatic heterocycles. The Labute approximate surface area is 178 Å². The lowest BCUT2D eigenvalue weighted by molar-refractivity contribution is -0.126. The maximum atomic E-state index is 13.4. The summed E-state index contributed by atoms with van der Waals surface area (Å²) in [6, 6.07) is 11.8. The molecule has 0 radical (unpaired) electrons. The van der Waals surface area contributed by atoms with Crippen molar-refractivity contribution in [2.24, 2.45) is 0 Å². The number of nitrogens with one attached hydrogen (secondary N) is 1. The molecule has 0 spiro atoms. The summed E-state index contributed by atoms with van der Waals surface area (Å²) in [5.74, 6) is 1.11. The summed E-state index contributed by atoms with van der Waals surface area (Å²) in [5, 5.41) is 3.94. The molecule has 1 saturated carbocycles. The highest BCUT2D eigenvalue weighted by molar-refractivity contribution is 6.30. The normalized spacial score (nSPS) is 19.3. The molecule has 4 rings (SSSR count). The van der Waals surface area contributed by atoms with Gasteiger partial charge in [0.05, 0.1) is 5.41 Å². The number of carbonyl (C=O) groups is 1. The van der Waals surface area contributed by atoms with Crippen LogP contribution in [0.1, 0.15) is 36.8 Å². The van der Waals surface area contributed by atoms with Gasteiger partial charge in [0.1, 0.15) is 5.82 Å². The van der Waals surface area contributed by atoms with E-state index in [9.17, 15) is 4.79 Å². The van der Waals surface area contributed by atoms with Crippen molar-refractivity contribution in [1.29, 1.82) is 0 Å². The van der Waals surface area contributed by atoms with Gasteiger partial charge in [-0.25, -0.2) is 4.98 Å². The summed E-state index contributed by atoms with van der Waals surface area (Å²) in [7, 11) is 2.15. The topological polar surface area (TPSA) is 48.5 Å². The van der Waals surface area contributed by atoms with E-state index < -0.39 is 5.41 Å². The number of piperazine rings is 1. The molecule has 1 amide bonds. The molecule has 0 unspecified atom stereocenters. The number of carbonyl (C=O) groups excluding carboxylic acids is 1. The maximum Gasteiger partial charge on any atom is 0.230 e. The van der Waals surface area contributed by atoms with E-state index in [1.165, 1.54) is 0 Å². The molecular formula is C23H29ClN4O. The molecule has 29 heavy (non-hydrogen) atoms. The smallest absolute Gasteiger partial charge is 0.230 e. The van der Waals surface area contributed by atoms with E-state index >= 15 is 0 Å². The molecule has 6 heteroatoms. The van der Waals surface area contributed by atoms with Crippen LogP contribution < -0.4 is 10.2 Å². The molecule has 154 valence electrons. The first-order valence-corrected chi connectivity index (χ1v) is 10.9. The van der Waals surface area contributed by atoms with Crippen molar-refractivity contribution < 1.29 is 4.79 Å². The van der Waals surface area contributed by atoms with Gasteiger partial charge in [0.25, 0.3) is 0 Å². The van der Waals surface area contributed by atoms with Crippen LogP contribution in [0.25, 0.3) is 0 Å². The van der Waals surface area contributed by atoms with Gasteiger partial charge in [-0.3, -0.25) is 4.79 Å². The molecule has 1 saturated heterocycles. The predicted molar refractivity (Wildman–Crippen MR) is 117 cm³/mol. The Kier molecular flexibility index (Phi) is 6.07. The summed E-state index contributed by atoms with van der Waals surface area (Å²) in [5.41, 5.74) is 1.71. The van der Waals surface area contributed by atoms with Crippen LogP contribution in [0, 0.1) is 0 Å². The summed E-state index contributed by atoms with van der Waals surface area (Å²) in [6.07, 6.45) is 5.77. The quantitative estimate of drug-likeness (QED) is 0.814. The number of likely N-dealkylation sites (N-methyl/N-ethyl adjacent to an activating group) is 1. The summed E-state index contributed by atoms with van der Waals surface area (Å²) in [6.45, 7) is 4.49. The molecule has 1 aromatic carbocycles. The average molecular weight is 413 g/mol. The molecule has 1 aromatic heterocycles. The minimum absolute atomic E-state index is 0.116. The molecule has 5 nitrogen and oxygen atoms in total. The first-order valence-electron chi connectivity index (χ1n) is 10.5. The first-order chi connectivity index (χ1) is 14.1. The Hall–Kier alpha value is -2.11. The number of halogens is 1. The number of hydrogen-bond acceptors (Lipinski definition) is 4. The number of rotatable bonds is 5. The highest BCUT2D eigenvalue weighted by atomic mass is 35.5. The van der Waals surface area contributed by atoms with Crippen molar-refractivity contribution in [1.82, 2.24) is 15.2 Å². The van der Waals surface area contributed by atoms with E-state index in [2.05, 4.69) is 33.2 Å². The fourth-order valence-corrected chi connectivity index (χ4v) is 4.74. The Balaban J connectivity index is 1.50. The molecular weight excluding hydrogens is 384 g/mol. The highest BCUT2D eigenvalue weighted by Gasteiger charge is 2.42. The second kappa shape index (κ2) is 8.72. The van der Waals surface area contributed by atoms with Gasteiger partial charge in [-0.05, 0) is 43.7 Å². The van der Waals surface area contributed by atoms with E-state index in [0.29, 0.717) is 11.6 Å². The van der Waals surface area contributed by atoms with E-state index in [0.717, 1.165) is 68.8 Å². The van der Waals surface area contributed by atoms with Crippen molar-refractivity contribution in [3.05, 3.63) is 58.7 Å². The Morgan fingerprint density at radius 2 is 1.79 bits per heavy atom. The lowest BCUT2D eigenvalue weighted by Crippen LogP contribution is -2.45. The van der Waals surface area contributed by atoms with Crippen LogP contribution in [-0.2, 0) is 16.8 Å². The Morgan fingerprint density at radius 1 is 1.10 bits per heavy atom. The summed E-state index contributed by atoms with van der Waals surface area (Å²) < 4.78 is 0. The van der Waals surface area contributed by atoms with E-state index in [4.69, 9.17) is 11.6 Å². The minimum Gasteiger partial charge on any atom is -0.354 e. The molecule has 1 aliphatic carbocycles. The van der Waals surface area contributed by atoms with Gasteiger partial charge in [-0.1, -0.05) is 42.6 Å². The number of anilines is 1. The van der Waals surface area contributed by atoms with E-state index in [-0.39, 0.29) is 5.91 Å². The van der Waals surface area contributed by atoms with Crippen molar-refractivity contribution in [3.63, 3.8) is 0 Å². The Morgan fingerprint density at radius 3 is 2.48 bits per heavy atom. The van der Waals surface area contributed by atoms with Crippen molar-refractivity contribution >= 4 is 23.3 Å². The van der Waals surface area contributed by atoms with Crippen molar-refractivity contribution in [2.75, 3.05) is 38.1 Å². The number of nitrogens with zero attached hydrogens (tertiary/aromatic N) is 3. The van der Waals surface area contributed by atoms with Crippen LogP contribution in [0.5, 0.6) is 0 Å². The molecule has 2 aliphatic rings. The third-order valence-corrected chi connectivity index (χ3v) is 6.65. The number of benzene rings is 1. The lowest BCUT2D eigenvalue weighted by atomic mass is 9.78. The largest absolute Gasteiger partial charge is 0.354 e. The third-order valence-electron chi connectivity index (χ3n) is 6.40. The highest BCUT2D eigenvalue weighted by Crippen LogP contribution is 2.41. The van der Waals surface area contributed by atoms with Crippen LogP contribution in [0.2, 0.25) is 5.02 Å². The van der Waals surface area contributed by atoms with Gasteiger partial charge in [0.15, 0.2) is 0 Å². The van der Waals surface area contributed by atoms with Gasteiger partial charge in [0, 0.05) is 49.5 Å². The van der Waals surface area contributed by atoms with Gasteiger partial charge in [-0.2, -0.15) is 0 Å². The van der Waals surface area contributed by atoms with Crippen LogP contribution in [0.15, 0.2) is 42.6 Å². The molecule has 2 heterocycles. The molecule has 2 aromatic rings. The zero-order valence-corrected chi connectivity index (χ0v) is 17.8. The van der Waals surface area contributed by atoms with E-state index in [1.54, 1.807) is 0 Å². The second-order valence-electron chi connectivity index (χ2n) is 8.26. The fraction of sp³-hybridized carbons (Fsp3) is 0.478. The standard InChI is InChI=1S/C23H29ClN4O/c1-27-13-15-28(16-14-27)21-18(5-4-12-25-21)17-26-22(29)23(10-2-3-11-23)19-6-8-20(24)9-7-19/h4-9,12H,2-3,10-11,13-17H2,1H3,(H,26,29). The summed E-state index contributed by atoms with van der Waals surface area (Å²) >= 11 is 6.07. The van der Waals surface area contributed by atoms with E-state index in [1.807, 2.05) is 36.5 Å². The second-order valence-corrected chi connectivity index (χ2v) is 8.69. The number of hydrogen-bond donors (Lipinski definition) is 1. The number of aromatic nitrogens is 1. The number of amides is 1. The van der Waals surface area contributed by atoms with Crippen LogP contribution in [0.4, 0.5) is 5.82 Å². The van der Waals surface area contributed by atoms with Gasteiger partial charge in [-0.15, -0.1) is 0 Å². The van der Waals surface area contributed by atoms with Crippen molar-refractivity contribution in [3.8, 4) is 0 Å². The zero-order valence-electron chi connectivity index (χ0n) is 17.0. The van der Waals surface area contributed by atoms with Gasteiger partial charge < -0.3 is 15.1 Å². The SMILES string of the molecule is CN1CCN(c2ncccc2CNC(=O)C2(c3ccc(Cl)cc3)CCCC2)CC1. The number of pyridine rings is 1. The van der Waals surface area contributed by atoms with Gasteiger partial charge in [0.2, 0.25) is 5.91 Å². The molecule has 2 fully saturated rings. The lowest BCUT2D eigenvalue weighted by Gasteiger charge is -2.34. The minimum atomic E-state index is -0.444. The maximum absolute atomic E-state index is 13.4. The third kappa shape index (κ3) is 4.26. The monoisotopic (exact) mass is 412 g/mol. The predicted octanol–water partition coefficient (Wildman–Crippen LogP) is 3.62. The van der Waals surface area contributed by atoms with Crippen LogP contribution >= 0.6 is 11.6 Å². The average Bonchev–Trinajstić information content (AvgIpc) is 3.25. The van der Waals surface area contributed by atoms with Gasteiger partial charge >= 0.3 is 0 Å². The molecule has 0 bridgehead atoms. The summed E-state index contributed by atoms with van der Waals surface area (Å²) in [4.78, 5) is 22.7. The Bertz CT molecular complexity index is 840. The molecule has 1 N–H and O–H groups in total.